The number of benzene rings is 1. The molecule has 0 fully saturated rings. The second kappa shape index (κ2) is 2.52. The molecule has 0 amide bonds. The third kappa shape index (κ3) is 0.949. The Hall–Kier alpha value is -1.44. The van der Waals surface area contributed by atoms with Gasteiger partial charge in [-0.05, 0) is 19.4 Å². The molecule has 1 aromatic carbocycles. The zero-order valence-electron chi connectivity index (χ0n) is 7.63. The van der Waals surface area contributed by atoms with Gasteiger partial charge in [0.1, 0.15) is 0 Å². The Morgan fingerprint density at radius 3 is 2.46 bits per heavy atom. The molecule has 0 N–H and O–H groups in total. The van der Waals surface area contributed by atoms with Crippen LogP contribution in [0.25, 0.3) is 0 Å². The predicted octanol–water partition coefficient (Wildman–Crippen LogP) is 2.01. The van der Waals surface area contributed by atoms with E-state index in [1.54, 1.807) is 13.0 Å². The van der Waals surface area contributed by atoms with Gasteiger partial charge in [0, 0.05) is 11.1 Å². The Morgan fingerprint density at radius 1 is 1.15 bits per heavy atom. The minimum Gasteiger partial charge on any atom is -0.293 e. The number of hydrogen-bond donors (Lipinski definition) is 0. The summed E-state index contributed by atoms with van der Waals surface area (Å²) in [4.78, 5) is 23.1. The largest absolute Gasteiger partial charge is 0.293 e. The second-order valence-electron chi connectivity index (χ2n) is 3.45. The third-order valence-corrected chi connectivity index (χ3v) is 2.57. The lowest BCUT2D eigenvalue weighted by Gasteiger charge is -1.98. The molecule has 0 heterocycles. The summed E-state index contributed by atoms with van der Waals surface area (Å²) in [5.74, 6) is -0.544. The minimum atomic E-state index is -0.476. The van der Waals surface area contributed by atoms with E-state index in [2.05, 4.69) is 0 Å². The maximum Gasteiger partial charge on any atom is 0.174 e. The predicted molar refractivity (Wildman–Crippen MR) is 49.0 cm³/mol. The number of rotatable bonds is 0. The highest BCUT2D eigenvalue weighted by Crippen LogP contribution is 2.28. The van der Waals surface area contributed by atoms with Gasteiger partial charge < -0.3 is 0 Å². The average Bonchev–Trinajstić information content (AvgIpc) is 2.33. The molecular weight excluding hydrogens is 164 g/mol. The van der Waals surface area contributed by atoms with E-state index < -0.39 is 5.92 Å². The van der Waals surface area contributed by atoms with Crippen LogP contribution in [0.5, 0.6) is 0 Å². The molecule has 1 atom stereocenters. The second-order valence-corrected chi connectivity index (χ2v) is 3.45. The molecule has 0 saturated carbocycles. The van der Waals surface area contributed by atoms with Crippen LogP contribution in [0.1, 0.15) is 33.2 Å². The maximum atomic E-state index is 11.6. The van der Waals surface area contributed by atoms with Crippen LogP contribution in [-0.2, 0) is 0 Å². The highest BCUT2D eigenvalue weighted by atomic mass is 16.2. The van der Waals surface area contributed by atoms with Crippen molar-refractivity contribution in [2.75, 3.05) is 0 Å². The Balaban J connectivity index is 2.74. The third-order valence-electron chi connectivity index (χ3n) is 2.57. The van der Waals surface area contributed by atoms with Crippen LogP contribution < -0.4 is 0 Å². The van der Waals surface area contributed by atoms with E-state index in [1.807, 2.05) is 19.1 Å². The molecular formula is C11H10O2. The zero-order valence-corrected chi connectivity index (χ0v) is 7.63. The molecule has 1 aliphatic rings. The van der Waals surface area contributed by atoms with Gasteiger partial charge in [-0.1, -0.05) is 18.2 Å². The molecule has 2 heteroatoms. The molecule has 0 radical (unpaired) electrons. The fourth-order valence-corrected chi connectivity index (χ4v) is 1.77. The molecule has 13 heavy (non-hydrogen) atoms. The van der Waals surface area contributed by atoms with Gasteiger partial charge >= 0.3 is 0 Å². The Bertz CT molecular complexity index is 405. The molecule has 0 aliphatic heterocycles. The molecule has 2 nitrogen and oxygen atoms in total. The van der Waals surface area contributed by atoms with Gasteiger partial charge in [0.05, 0.1) is 5.92 Å². The van der Waals surface area contributed by atoms with Gasteiger partial charge in [-0.2, -0.15) is 0 Å². The highest BCUT2D eigenvalue weighted by Gasteiger charge is 2.35. The Kier molecular flexibility index (Phi) is 1.59. The lowest BCUT2D eigenvalue weighted by molar-refractivity contribution is 0.0852. The summed E-state index contributed by atoms with van der Waals surface area (Å²) in [6.45, 7) is 3.53. The molecule has 2 rings (SSSR count). The van der Waals surface area contributed by atoms with E-state index >= 15 is 0 Å². The smallest absolute Gasteiger partial charge is 0.174 e. The number of Topliss-reactive ketones (excluding diaryl/α,β-unsaturated/α-hetero) is 2. The normalized spacial score (nSPS) is 20.6. The number of carbonyl (C=O) groups excluding carboxylic acids is 2. The molecule has 66 valence electrons. The van der Waals surface area contributed by atoms with Crippen LogP contribution in [0.15, 0.2) is 18.2 Å². The first-order valence-corrected chi connectivity index (χ1v) is 4.31. The van der Waals surface area contributed by atoms with Gasteiger partial charge in [-0.3, -0.25) is 9.59 Å². The molecule has 0 aromatic heterocycles. The van der Waals surface area contributed by atoms with Crippen molar-refractivity contribution >= 4 is 11.6 Å². The van der Waals surface area contributed by atoms with Crippen molar-refractivity contribution in [2.24, 2.45) is 5.92 Å². The SMILES string of the molecule is Cc1cccc2c1C(=O)C(C)C2=O. The molecule has 1 aromatic rings. The summed E-state index contributed by atoms with van der Waals surface area (Å²) in [6, 6.07) is 5.41. The number of carbonyl (C=O) groups is 2. The summed E-state index contributed by atoms with van der Waals surface area (Å²) >= 11 is 0. The van der Waals surface area contributed by atoms with Crippen molar-refractivity contribution < 1.29 is 9.59 Å². The molecule has 1 aliphatic carbocycles. The van der Waals surface area contributed by atoms with Gasteiger partial charge in [-0.15, -0.1) is 0 Å². The van der Waals surface area contributed by atoms with E-state index in [9.17, 15) is 9.59 Å². The van der Waals surface area contributed by atoms with Crippen molar-refractivity contribution in [1.29, 1.82) is 0 Å². The quantitative estimate of drug-likeness (QED) is 0.564. The summed E-state index contributed by atoms with van der Waals surface area (Å²) in [6.07, 6.45) is 0. The summed E-state index contributed by atoms with van der Waals surface area (Å²) < 4.78 is 0. The molecule has 1 unspecified atom stereocenters. The van der Waals surface area contributed by atoms with E-state index in [0.717, 1.165) is 5.56 Å². The number of aryl methyl sites for hydroxylation is 1. The van der Waals surface area contributed by atoms with E-state index in [-0.39, 0.29) is 11.6 Å². The topological polar surface area (TPSA) is 34.1 Å². The first-order valence-electron chi connectivity index (χ1n) is 4.31. The first-order chi connectivity index (χ1) is 6.13. The van der Waals surface area contributed by atoms with Crippen molar-refractivity contribution in [2.45, 2.75) is 13.8 Å². The van der Waals surface area contributed by atoms with Crippen LogP contribution in [0.4, 0.5) is 0 Å². The van der Waals surface area contributed by atoms with Gasteiger partial charge in [0.25, 0.3) is 0 Å². The van der Waals surface area contributed by atoms with Crippen LogP contribution in [0, 0.1) is 12.8 Å². The Labute approximate surface area is 76.6 Å². The number of fused-ring (bicyclic) bond motifs is 1. The van der Waals surface area contributed by atoms with Crippen LogP contribution in [0.3, 0.4) is 0 Å². The first kappa shape index (κ1) is 8.17. The fraction of sp³-hybridized carbons (Fsp3) is 0.273. The van der Waals surface area contributed by atoms with Crippen molar-refractivity contribution in [3.05, 3.63) is 34.9 Å². The van der Waals surface area contributed by atoms with Crippen LogP contribution in [0.2, 0.25) is 0 Å². The minimum absolute atomic E-state index is 0.0295. The van der Waals surface area contributed by atoms with Crippen LogP contribution in [-0.4, -0.2) is 11.6 Å². The summed E-state index contributed by atoms with van der Waals surface area (Å²) in [7, 11) is 0. The van der Waals surface area contributed by atoms with Gasteiger partial charge in [0.2, 0.25) is 0 Å². The number of hydrogen-bond acceptors (Lipinski definition) is 2. The zero-order chi connectivity index (χ0) is 9.59. The lowest BCUT2D eigenvalue weighted by atomic mass is 10.0. The molecule has 0 spiro atoms. The highest BCUT2D eigenvalue weighted by molar-refractivity contribution is 6.26. The summed E-state index contributed by atoms with van der Waals surface area (Å²) in [5.41, 5.74) is 2.12. The average molecular weight is 174 g/mol. The van der Waals surface area contributed by atoms with Crippen LogP contribution >= 0.6 is 0 Å². The lowest BCUT2D eigenvalue weighted by Crippen LogP contribution is -2.09. The fourth-order valence-electron chi connectivity index (χ4n) is 1.77. The van der Waals surface area contributed by atoms with Crippen molar-refractivity contribution in [3.8, 4) is 0 Å². The van der Waals surface area contributed by atoms with E-state index in [0.29, 0.717) is 11.1 Å². The van der Waals surface area contributed by atoms with Gasteiger partial charge in [0.15, 0.2) is 11.6 Å². The van der Waals surface area contributed by atoms with E-state index in [1.165, 1.54) is 0 Å². The number of ketones is 2. The van der Waals surface area contributed by atoms with E-state index in [4.69, 9.17) is 0 Å². The summed E-state index contributed by atoms with van der Waals surface area (Å²) in [5, 5.41) is 0. The molecule has 0 saturated heterocycles. The standard InChI is InChI=1S/C11H10O2/c1-6-4-3-5-8-9(6)11(13)7(2)10(8)12/h3-5,7H,1-2H3. The van der Waals surface area contributed by atoms with Crippen molar-refractivity contribution in [3.63, 3.8) is 0 Å². The van der Waals surface area contributed by atoms with Gasteiger partial charge in [-0.25, -0.2) is 0 Å². The Morgan fingerprint density at radius 2 is 1.85 bits per heavy atom. The maximum absolute atomic E-state index is 11.6. The monoisotopic (exact) mass is 174 g/mol. The van der Waals surface area contributed by atoms with Crippen molar-refractivity contribution in [1.82, 2.24) is 0 Å². The molecule has 0 bridgehead atoms.